The number of phenols is 1. The number of hydrogen-bond donors (Lipinski definition) is 2. The normalized spacial score (nSPS) is 10.8. The van der Waals surface area contributed by atoms with Gasteiger partial charge in [-0.15, -0.1) is 0 Å². The van der Waals surface area contributed by atoms with Crippen molar-refractivity contribution >= 4 is 16.6 Å². The van der Waals surface area contributed by atoms with E-state index in [4.69, 9.17) is 4.74 Å². The van der Waals surface area contributed by atoms with Crippen LogP contribution in [0.2, 0.25) is 0 Å². The topological polar surface area (TPSA) is 54.4 Å². The second kappa shape index (κ2) is 10.4. The summed E-state index contributed by atoms with van der Waals surface area (Å²) < 4.78 is 5.66. The summed E-state index contributed by atoms with van der Waals surface area (Å²) >= 11 is 0. The van der Waals surface area contributed by atoms with Gasteiger partial charge in [0, 0.05) is 23.8 Å². The van der Waals surface area contributed by atoms with Gasteiger partial charge in [0.05, 0.1) is 12.1 Å². The lowest BCUT2D eigenvalue weighted by Crippen LogP contribution is -2.02. The van der Waals surface area contributed by atoms with Crippen LogP contribution in [0.3, 0.4) is 0 Å². The van der Waals surface area contributed by atoms with Crippen LogP contribution < -0.4 is 10.1 Å². The van der Waals surface area contributed by atoms with Gasteiger partial charge in [0.15, 0.2) is 0 Å². The maximum absolute atomic E-state index is 9.24. The SMILES string of the molecule is Oc1ccc(OCCCCCCCCNc2ccnc3ccccc23)cc1. The molecule has 27 heavy (non-hydrogen) atoms. The number of nitrogens with zero attached hydrogens (tertiary/aromatic N) is 1. The molecule has 0 radical (unpaired) electrons. The van der Waals surface area contributed by atoms with Crippen LogP contribution in [0.25, 0.3) is 10.9 Å². The zero-order chi connectivity index (χ0) is 18.7. The quantitative estimate of drug-likeness (QED) is 0.424. The largest absolute Gasteiger partial charge is 0.508 e. The van der Waals surface area contributed by atoms with Crippen LogP contribution in [0, 0.1) is 0 Å². The molecule has 0 aliphatic carbocycles. The van der Waals surface area contributed by atoms with Crippen LogP contribution >= 0.6 is 0 Å². The summed E-state index contributed by atoms with van der Waals surface area (Å²) in [5.74, 6) is 1.09. The standard InChI is InChI=1S/C23H28N2O2/c26-19-11-13-20(14-12-19)27-18-8-4-2-1-3-7-16-24-23-15-17-25-22-10-6-5-9-21(22)23/h5-6,9-15,17,26H,1-4,7-8,16,18H2,(H,24,25). The van der Waals surface area contributed by atoms with Crippen LogP contribution in [0.15, 0.2) is 60.8 Å². The number of hydrogen-bond acceptors (Lipinski definition) is 4. The second-order valence-corrected chi connectivity index (χ2v) is 6.77. The summed E-state index contributed by atoms with van der Waals surface area (Å²) in [6, 6.07) is 17.2. The zero-order valence-electron chi connectivity index (χ0n) is 15.7. The lowest BCUT2D eigenvalue weighted by atomic mass is 10.1. The number of rotatable bonds is 11. The Labute approximate surface area is 161 Å². The third kappa shape index (κ3) is 6.17. The molecular formula is C23H28N2O2. The van der Waals surface area contributed by atoms with E-state index >= 15 is 0 Å². The molecule has 0 saturated carbocycles. The average Bonchev–Trinajstić information content (AvgIpc) is 2.71. The molecule has 0 saturated heterocycles. The molecule has 1 heterocycles. The Balaban J connectivity index is 1.22. The Morgan fingerprint density at radius 2 is 1.56 bits per heavy atom. The van der Waals surface area contributed by atoms with E-state index in [-0.39, 0.29) is 5.75 Å². The minimum absolute atomic E-state index is 0.272. The number of pyridine rings is 1. The summed E-state index contributed by atoms with van der Waals surface area (Å²) in [5.41, 5.74) is 2.21. The third-order valence-electron chi connectivity index (χ3n) is 4.64. The first-order chi connectivity index (χ1) is 13.3. The molecule has 4 nitrogen and oxygen atoms in total. The monoisotopic (exact) mass is 364 g/mol. The van der Waals surface area contributed by atoms with Gasteiger partial charge in [-0.3, -0.25) is 4.98 Å². The molecule has 0 fully saturated rings. The van der Waals surface area contributed by atoms with Crippen molar-refractivity contribution in [2.75, 3.05) is 18.5 Å². The van der Waals surface area contributed by atoms with Crippen LogP contribution in [0.1, 0.15) is 38.5 Å². The van der Waals surface area contributed by atoms with E-state index in [0.717, 1.165) is 30.8 Å². The first-order valence-corrected chi connectivity index (χ1v) is 9.82. The van der Waals surface area contributed by atoms with E-state index in [1.807, 2.05) is 18.3 Å². The molecule has 0 atom stereocenters. The van der Waals surface area contributed by atoms with Crippen LogP contribution in [-0.2, 0) is 0 Å². The predicted octanol–water partition coefficient (Wildman–Crippen LogP) is 5.77. The van der Waals surface area contributed by atoms with Gasteiger partial charge in [0.25, 0.3) is 0 Å². The summed E-state index contributed by atoms with van der Waals surface area (Å²) in [6.45, 7) is 1.74. The van der Waals surface area contributed by atoms with E-state index in [9.17, 15) is 5.11 Å². The third-order valence-corrected chi connectivity index (χ3v) is 4.64. The van der Waals surface area contributed by atoms with Crippen LogP contribution in [0.4, 0.5) is 5.69 Å². The molecule has 2 aromatic carbocycles. The van der Waals surface area contributed by atoms with E-state index in [1.54, 1.807) is 24.3 Å². The molecule has 2 N–H and O–H groups in total. The fraction of sp³-hybridized carbons (Fsp3) is 0.348. The molecule has 0 aliphatic heterocycles. The Kier molecular flexibility index (Phi) is 7.34. The van der Waals surface area contributed by atoms with Gasteiger partial charge in [-0.25, -0.2) is 0 Å². The number of benzene rings is 2. The molecule has 3 aromatic rings. The molecular weight excluding hydrogens is 336 g/mol. The summed E-state index contributed by atoms with van der Waals surface area (Å²) in [5, 5.41) is 14.0. The summed E-state index contributed by atoms with van der Waals surface area (Å²) in [7, 11) is 0. The zero-order valence-corrected chi connectivity index (χ0v) is 15.7. The van der Waals surface area contributed by atoms with Gasteiger partial charge in [-0.2, -0.15) is 0 Å². The summed E-state index contributed by atoms with van der Waals surface area (Å²) in [4.78, 5) is 4.40. The number of para-hydroxylation sites is 1. The van der Waals surface area contributed by atoms with Gasteiger partial charge in [-0.05, 0) is 49.2 Å². The predicted molar refractivity (Wildman–Crippen MR) is 112 cm³/mol. The molecule has 0 spiro atoms. The molecule has 3 rings (SSSR count). The number of ether oxygens (including phenoxy) is 1. The Morgan fingerprint density at radius 1 is 0.815 bits per heavy atom. The fourth-order valence-electron chi connectivity index (χ4n) is 3.14. The van der Waals surface area contributed by atoms with Crippen molar-refractivity contribution in [3.8, 4) is 11.5 Å². The highest BCUT2D eigenvalue weighted by Gasteiger charge is 2.00. The van der Waals surface area contributed by atoms with E-state index in [1.165, 1.54) is 43.2 Å². The number of fused-ring (bicyclic) bond motifs is 1. The minimum Gasteiger partial charge on any atom is -0.508 e. The highest BCUT2D eigenvalue weighted by Crippen LogP contribution is 2.21. The molecule has 1 aromatic heterocycles. The van der Waals surface area contributed by atoms with Crippen molar-refractivity contribution in [2.45, 2.75) is 38.5 Å². The fourth-order valence-corrected chi connectivity index (χ4v) is 3.14. The van der Waals surface area contributed by atoms with Crippen molar-refractivity contribution in [3.63, 3.8) is 0 Å². The molecule has 0 bridgehead atoms. The van der Waals surface area contributed by atoms with E-state index in [0.29, 0.717) is 0 Å². The van der Waals surface area contributed by atoms with E-state index < -0.39 is 0 Å². The Hall–Kier alpha value is -2.75. The van der Waals surface area contributed by atoms with Crippen LogP contribution in [0.5, 0.6) is 11.5 Å². The highest BCUT2D eigenvalue weighted by molar-refractivity contribution is 5.90. The number of phenolic OH excluding ortho intramolecular Hbond substituents is 1. The molecule has 0 unspecified atom stereocenters. The Morgan fingerprint density at radius 3 is 2.41 bits per heavy atom. The van der Waals surface area contributed by atoms with Crippen LogP contribution in [-0.4, -0.2) is 23.2 Å². The Bertz CT molecular complexity index is 813. The highest BCUT2D eigenvalue weighted by atomic mass is 16.5. The minimum atomic E-state index is 0.272. The van der Waals surface area contributed by atoms with Crippen molar-refractivity contribution in [2.24, 2.45) is 0 Å². The smallest absolute Gasteiger partial charge is 0.119 e. The molecule has 0 amide bonds. The average molecular weight is 364 g/mol. The number of nitrogens with one attached hydrogen (secondary N) is 1. The number of aromatic nitrogens is 1. The van der Waals surface area contributed by atoms with Crippen molar-refractivity contribution in [3.05, 3.63) is 60.8 Å². The second-order valence-electron chi connectivity index (χ2n) is 6.77. The van der Waals surface area contributed by atoms with Gasteiger partial charge in [-0.1, -0.05) is 43.9 Å². The lowest BCUT2D eigenvalue weighted by Gasteiger charge is -2.09. The molecule has 0 aliphatic rings. The number of anilines is 1. The molecule has 142 valence electrons. The van der Waals surface area contributed by atoms with Gasteiger partial charge in [0.2, 0.25) is 0 Å². The molecule has 4 heteroatoms. The van der Waals surface area contributed by atoms with E-state index in [2.05, 4.69) is 28.5 Å². The maximum atomic E-state index is 9.24. The maximum Gasteiger partial charge on any atom is 0.119 e. The first-order valence-electron chi connectivity index (χ1n) is 9.82. The van der Waals surface area contributed by atoms with Gasteiger partial charge >= 0.3 is 0 Å². The summed E-state index contributed by atoms with van der Waals surface area (Å²) in [6.07, 6.45) is 9.07. The van der Waals surface area contributed by atoms with Gasteiger partial charge < -0.3 is 15.2 Å². The number of aromatic hydroxyl groups is 1. The number of unbranched alkanes of at least 4 members (excludes halogenated alkanes) is 5. The first kappa shape index (κ1) is 19.0. The van der Waals surface area contributed by atoms with Crippen molar-refractivity contribution in [1.82, 2.24) is 4.98 Å². The van der Waals surface area contributed by atoms with Gasteiger partial charge in [0.1, 0.15) is 11.5 Å². The lowest BCUT2D eigenvalue weighted by molar-refractivity contribution is 0.304. The van der Waals surface area contributed by atoms with Crippen molar-refractivity contribution < 1.29 is 9.84 Å². The van der Waals surface area contributed by atoms with Crippen molar-refractivity contribution in [1.29, 1.82) is 0 Å².